The molecular formula is C13H15ClN4O2. The van der Waals surface area contributed by atoms with Crippen LogP contribution in [0.5, 0.6) is 0 Å². The molecule has 0 saturated carbocycles. The summed E-state index contributed by atoms with van der Waals surface area (Å²) in [5.41, 5.74) is 1.23. The lowest BCUT2D eigenvalue weighted by molar-refractivity contribution is 0.0703. The zero-order valence-corrected chi connectivity index (χ0v) is 12.1. The van der Waals surface area contributed by atoms with Crippen LogP contribution < -0.4 is 0 Å². The Hall–Kier alpha value is -1.82. The number of carbonyl (C=O) groups is 1. The van der Waals surface area contributed by atoms with Crippen LogP contribution in [0.4, 0.5) is 0 Å². The van der Waals surface area contributed by atoms with Gasteiger partial charge in [-0.1, -0.05) is 16.8 Å². The van der Waals surface area contributed by atoms with Gasteiger partial charge in [0.15, 0.2) is 5.76 Å². The van der Waals surface area contributed by atoms with E-state index in [9.17, 15) is 4.79 Å². The van der Waals surface area contributed by atoms with E-state index in [0.717, 1.165) is 24.3 Å². The second-order valence-electron chi connectivity index (χ2n) is 4.99. The van der Waals surface area contributed by atoms with Crippen LogP contribution in [0.3, 0.4) is 0 Å². The van der Waals surface area contributed by atoms with Crippen LogP contribution in [0.25, 0.3) is 0 Å². The standard InChI is InChI=1S/C13H15ClN4O2/c1-8-6-11(20-16-8)10-4-3-5-18(10)13(19)12-9(14)7-15-17(12)2/h6-7,10H,3-5H2,1-2H3/t10-/m0/s1. The third kappa shape index (κ3) is 2.10. The molecule has 6 nitrogen and oxygen atoms in total. The van der Waals surface area contributed by atoms with E-state index < -0.39 is 0 Å². The fourth-order valence-electron chi connectivity index (χ4n) is 2.63. The average Bonchev–Trinajstić information content (AvgIpc) is 3.09. The monoisotopic (exact) mass is 294 g/mol. The lowest BCUT2D eigenvalue weighted by Crippen LogP contribution is -2.32. The number of aromatic nitrogens is 3. The van der Waals surface area contributed by atoms with Crippen molar-refractivity contribution in [1.82, 2.24) is 19.8 Å². The highest BCUT2D eigenvalue weighted by Crippen LogP contribution is 2.34. The molecule has 0 N–H and O–H groups in total. The van der Waals surface area contributed by atoms with Crippen LogP contribution in [0.1, 0.15) is 40.8 Å². The Labute approximate surface area is 121 Å². The maximum absolute atomic E-state index is 12.7. The summed E-state index contributed by atoms with van der Waals surface area (Å²) in [5.74, 6) is 0.609. The van der Waals surface area contributed by atoms with Crippen LogP contribution in [0.2, 0.25) is 5.02 Å². The number of halogens is 1. The highest BCUT2D eigenvalue weighted by atomic mass is 35.5. The minimum Gasteiger partial charge on any atom is -0.359 e. The molecule has 1 fully saturated rings. The summed E-state index contributed by atoms with van der Waals surface area (Å²) in [4.78, 5) is 14.4. The van der Waals surface area contributed by atoms with Crippen molar-refractivity contribution in [2.24, 2.45) is 7.05 Å². The Morgan fingerprint density at radius 2 is 2.35 bits per heavy atom. The van der Waals surface area contributed by atoms with Gasteiger partial charge in [0.25, 0.3) is 5.91 Å². The van der Waals surface area contributed by atoms with Gasteiger partial charge < -0.3 is 9.42 Å². The Morgan fingerprint density at radius 1 is 1.55 bits per heavy atom. The van der Waals surface area contributed by atoms with E-state index >= 15 is 0 Å². The number of amides is 1. The number of rotatable bonds is 2. The molecule has 0 radical (unpaired) electrons. The van der Waals surface area contributed by atoms with E-state index in [-0.39, 0.29) is 11.9 Å². The quantitative estimate of drug-likeness (QED) is 0.853. The molecule has 2 aromatic heterocycles. The third-order valence-corrected chi connectivity index (χ3v) is 3.86. The zero-order valence-electron chi connectivity index (χ0n) is 11.3. The number of carbonyl (C=O) groups excluding carboxylic acids is 1. The fourth-order valence-corrected chi connectivity index (χ4v) is 2.88. The van der Waals surface area contributed by atoms with Crippen LogP contribution in [0, 0.1) is 6.92 Å². The Bertz CT molecular complexity index is 629. The third-order valence-electron chi connectivity index (χ3n) is 3.58. The summed E-state index contributed by atoms with van der Waals surface area (Å²) in [6.07, 6.45) is 3.29. The number of nitrogens with zero attached hydrogens (tertiary/aromatic N) is 4. The Kier molecular flexibility index (Phi) is 3.25. The minimum atomic E-state index is -0.119. The molecule has 7 heteroatoms. The summed E-state index contributed by atoms with van der Waals surface area (Å²) < 4.78 is 6.81. The zero-order chi connectivity index (χ0) is 14.3. The van der Waals surface area contributed by atoms with Gasteiger partial charge in [-0.3, -0.25) is 9.48 Å². The number of aryl methyl sites for hydroxylation is 2. The van der Waals surface area contributed by atoms with Crippen molar-refractivity contribution in [1.29, 1.82) is 0 Å². The molecular weight excluding hydrogens is 280 g/mol. The molecule has 1 aliphatic heterocycles. The van der Waals surface area contributed by atoms with Crippen LogP contribution in [-0.4, -0.2) is 32.3 Å². The van der Waals surface area contributed by atoms with E-state index in [4.69, 9.17) is 16.1 Å². The first-order valence-electron chi connectivity index (χ1n) is 6.49. The Morgan fingerprint density at radius 3 is 2.95 bits per heavy atom. The summed E-state index contributed by atoms with van der Waals surface area (Å²) in [5, 5.41) is 8.28. The predicted molar refractivity (Wildman–Crippen MR) is 72.5 cm³/mol. The number of likely N-dealkylation sites (tertiary alicyclic amines) is 1. The first kappa shape index (κ1) is 13.2. The van der Waals surface area contributed by atoms with Crippen molar-refractivity contribution in [3.63, 3.8) is 0 Å². The van der Waals surface area contributed by atoms with Gasteiger partial charge in [0, 0.05) is 19.7 Å². The van der Waals surface area contributed by atoms with Gasteiger partial charge in [0.1, 0.15) is 5.69 Å². The summed E-state index contributed by atoms with van der Waals surface area (Å²) >= 11 is 6.05. The first-order valence-corrected chi connectivity index (χ1v) is 6.87. The largest absolute Gasteiger partial charge is 0.359 e. The molecule has 0 spiro atoms. The van der Waals surface area contributed by atoms with Crippen molar-refractivity contribution in [3.8, 4) is 0 Å². The lowest BCUT2D eigenvalue weighted by Gasteiger charge is -2.22. The SMILES string of the molecule is Cc1cc([C@@H]2CCCN2C(=O)c2c(Cl)cnn2C)on1. The fraction of sp³-hybridized carbons (Fsp3) is 0.462. The topological polar surface area (TPSA) is 64.2 Å². The maximum atomic E-state index is 12.7. The van der Waals surface area contributed by atoms with Gasteiger partial charge >= 0.3 is 0 Å². The molecule has 106 valence electrons. The number of hydrogen-bond acceptors (Lipinski definition) is 4. The highest BCUT2D eigenvalue weighted by molar-refractivity contribution is 6.33. The highest BCUT2D eigenvalue weighted by Gasteiger charge is 2.35. The van der Waals surface area contributed by atoms with Crippen LogP contribution >= 0.6 is 11.6 Å². The van der Waals surface area contributed by atoms with Crippen LogP contribution in [-0.2, 0) is 7.05 Å². The van der Waals surface area contributed by atoms with Gasteiger partial charge in [-0.2, -0.15) is 5.10 Å². The Balaban J connectivity index is 1.91. The van der Waals surface area contributed by atoms with E-state index in [1.807, 2.05) is 13.0 Å². The normalized spacial score (nSPS) is 18.8. The molecule has 2 aromatic rings. The minimum absolute atomic E-state index is 0.0744. The van der Waals surface area contributed by atoms with Crippen molar-refractivity contribution >= 4 is 17.5 Å². The summed E-state index contributed by atoms with van der Waals surface area (Å²) in [7, 11) is 1.71. The molecule has 1 aliphatic rings. The van der Waals surface area contributed by atoms with Crippen molar-refractivity contribution in [2.75, 3.05) is 6.54 Å². The molecule has 0 aliphatic carbocycles. The van der Waals surface area contributed by atoms with E-state index in [2.05, 4.69) is 10.3 Å². The molecule has 1 saturated heterocycles. The summed E-state index contributed by atoms with van der Waals surface area (Å²) in [6, 6.07) is 1.80. The molecule has 3 rings (SSSR count). The second-order valence-corrected chi connectivity index (χ2v) is 5.40. The van der Waals surface area contributed by atoms with E-state index in [0.29, 0.717) is 17.3 Å². The lowest BCUT2D eigenvalue weighted by atomic mass is 10.1. The number of hydrogen-bond donors (Lipinski definition) is 0. The van der Waals surface area contributed by atoms with Gasteiger partial charge in [0.05, 0.1) is 23.0 Å². The van der Waals surface area contributed by atoms with Crippen molar-refractivity contribution in [2.45, 2.75) is 25.8 Å². The van der Waals surface area contributed by atoms with E-state index in [1.54, 1.807) is 11.9 Å². The maximum Gasteiger partial charge on any atom is 0.274 e. The molecule has 0 unspecified atom stereocenters. The first-order chi connectivity index (χ1) is 9.58. The molecule has 0 bridgehead atoms. The molecule has 1 amide bonds. The average molecular weight is 295 g/mol. The van der Waals surface area contributed by atoms with Gasteiger partial charge in [-0.25, -0.2) is 0 Å². The second kappa shape index (κ2) is 4.94. The molecule has 20 heavy (non-hydrogen) atoms. The molecule has 3 heterocycles. The van der Waals surface area contributed by atoms with Crippen LogP contribution in [0.15, 0.2) is 16.8 Å². The van der Waals surface area contributed by atoms with Gasteiger partial charge in [-0.15, -0.1) is 0 Å². The van der Waals surface area contributed by atoms with E-state index in [1.165, 1.54) is 10.9 Å². The van der Waals surface area contributed by atoms with Crippen molar-refractivity contribution < 1.29 is 9.32 Å². The molecule has 1 atom stereocenters. The molecule has 0 aromatic carbocycles. The van der Waals surface area contributed by atoms with Crippen molar-refractivity contribution in [3.05, 3.63) is 34.4 Å². The summed E-state index contributed by atoms with van der Waals surface area (Å²) in [6.45, 7) is 2.55. The van der Waals surface area contributed by atoms with Gasteiger partial charge in [-0.05, 0) is 19.8 Å². The smallest absolute Gasteiger partial charge is 0.274 e. The predicted octanol–water partition coefficient (Wildman–Crippen LogP) is 2.35. The van der Waals surface area contributed by atoms with Gasteiger partial charge in [0.2, 0.25) is 0 Å².